The minimum absolute atomic E-state index is 0.0796. The summed E-state index contributed by atoms with van der Waals surface area (Å²) in [7, 11) is 0. The molecule has 4 heteroatoms. The van der Waals surface area contributed by atoms with E-state index in [-0.39, 0.29) is 12.1 Å². The molecule has 2 amide bonds. The van der Waals surface area contributed by atoms with Crippen LogP contribution in [0.5, 0.6) is 0 Å². The Labute approximate surface area is 124 Å². The fourth-order valence-corrected chi connectivity index (χ4v) is 2.85. The average molecular weight is 281 g/mol. The van der Waals surface area contributed by atoms with Crippen molar-refractivity contribution < 1.29 is 4.79 Å². The van der Waals surface area contributed by atoms with E-state index in [1.807, 2.05) is 24.3 Å². The van der Waals surface area contributed by atoms with E-state index < -0.39 is 0 Å². The van der Waals surface area contributed by atoms with E-state index in [4.69, 9.17) is 5.73 Å². The lowest BCUT2D eigenvalue weighted by Gasteiger charge is -2.26. The van der Waals surface area contributed by atoms with Gasteiger partial charge in [0.2, 0.25) is 0 Å². The fourth-order valence-electron chi connectivity index (χ4n) is 2.85. The Kier molecular flexibility index (Phi) is 3.77. The number of fused-ring (bicyclic) bond motifs is 1. The van der Waals surface area contributed by atoms with E-state index in [1.54, 1.807) is 12.1 Å². The summed E-state index contributed by atoms with van der Waals surface area (Å²) < 4.78 is 0. The van der Waals surface area contributed by atoms with Gasteiger partial charge in [-0.1, -0.05) is 30.3 Å². The van der Waals surface area contributed by atoms with Gasteiger partial charge in [0, 0.05) is 11.4 Å². The van der Waals surface area contributed by atoms with Crippen molar-refractivity contribution in [2.75, 3.05) is 11.1 Å². The second kappa shape index (κ2) is 5.87. The van der Waals surface area contributed by atoms with Gasteiger partial charge in [0.1, 0.15) is 0 Å². The van der Waals surface area contributed by atoms with Crippen molar-refractivity contribution in [3.8, 4) is 0 Å². The van der Waals surface area contributed by atoms with E-state index in [0.29, 0.717) is 11.4 Å². The second-order valence-electron chi connectivity index (χ2n) is 5.37. The number of hydrogen-bond acceptors (Lipinski definition) is 2. The standard InChI is InChI=1S/C17H19N3O/c18-13-7-4-8-14(11-13)19-17(21)20-16-10-3-6-12-5-1-2-9-15(12)16/h1-2,4-5,7-9,11,16H,3,6,10,18H2,(H2,19,20,21). The first-order valence-electron chi connectivity index (χ1n) is 7.23. The smallest absolute Gasteiger partial charge is 0.319 e. The molecule has 1 aliphatic rings. The molecule has 0 bridgehead atoms. The number of benzene rings is 2. The molecule has 1 atom stereocenters. The Bertz CT molecular complexity index is 654. The quantitative estimate of drug-likeness (QED) is 0.738. The Hall–Kier alpha value is -2.49. The molecule has 0 spiro atoms. The molecule has 2 aromatic carbocycles. The van der Waals surface area contributed by atoms with Crippen LogP contribution in [0, 0.1) is 0 Å². The highest BCUT2D eigenvalue weighted by Gasteiger charge is 2.21. The number of carbonyl (C=O) groups excluding carboxylic acids is 1. The summed E-state index contributed by atoms with van der Waals surface area (Å²) in [6.07, 6.45) is 3.16. The molecule has 4 nitrogen and oxygen atoms in total. The third-order valence-corrected chi connectivity index (χ3v) is 3.82. The van der Waals surface area contributed by atoms with Crippen LogP contribution in [0.1, 0.15) is 30.0 Å². The molecule has 21 heavy (non-hydrogen) atoms. The second-order valence-corrected chi connectivity index (χ2v) is 5.37. The van der Waals surface area contributed by atoms with Crippen molar-refractivity contribution in [2.24, 2.45) is 0 Å². The lowest BCUT2D eigenvalue weighted by molar-refractivity contribution is 0.247. The van der Waals surface area contributed by atoms with Gasteiger partial charge in [0.25, 0.3) is 0 Å². The van der Waals surface area contributed by atoms with Crippen LogP contribution in [0.25, 0.3) is 0 Å². The van der Waals surface area contributed by atoms with E-state index in [2.05, 4.69) is 22.8 Å². The Morgan fingerprint density at radius 1 is 1.14 bits per heavy atom. The maximum Gasteiger partial charge on any atom is 0.319 e. The normalized spacial score (nSPS) is 16.9. The van der Waals surface area contributed by atoms with E-state index in [9.17, 15) is 4.79 Å². The molecule has 0 aliphatic heterocycles. The summed E-state index contributed by atoms with van der Waals surface area (Å²) >= 11 is 0. The molecular weight excluding hydrogens is 262 g/mol. The minimum atomic E-state index is -0.192. The van der Waals surface area contributed by atoms with Gasteiger partial charge in [0.15, 0.2) is 0 Å². The molecule has 0 fully saturated rings. The van der Waals surface area contributed by atoms with Gasteiger partial charge in [-0.15, -0.1) is 0 Å². The monoisotopic (exact) mass is 281 g/mol. The van der Waals surface area contributed by atoms with Gasteiger partial charge in [-0.2, -0.15) is 0 Å². The van der Waals surface area contributed by atoms with Crippen LogP contribution in [0.2, 0.25) is 0 Å². The molecule has 1 unspecified atom stereocenters. The summed E-state index contributed by atoms with van der Waals surface area (Å²) in [5.74, 6) is 0. The van der Waals surface area contributed by atoms with Crippen molar-refractivity contribution >= 4 is 17.4 Å². The van der Waals surface area contributed by atoms with Gasteiger partial charge >= 0.3 is 6.03 Å². The summed E-state index contributed by atoms with van der Waals surface area (Å²) in [5, 5.41) is 5.88. The Morgan fingerprint density at radius 3 is 2.86 bits per heavy atom. The minimum Gasteiger partial charge on any atom is -0.399 e. The van der Waals surface area contributed by atoms with Crippen LogP contribution in [0.15, 0.2) is 48.5 Å². The first-order chi connectivity index (χ1) is 10.2. The Morgan fingerprint density at radius 2 is 2.00 bits per heavy atom. The van der Waals surface area contributed by atoms with Crippen LogP contribution < -0.4 is 16.4 Å². The molecule has 1 aliphatic carbocycles. The predicted molar refractivity (Wildman–Crippen MR) is 85.1 cm³/mol. The zero-order valence-electron chi connectivity index (χ0n) is 11.8. The maximum absolute atomic E-state index is 12.1. The van der Waals surface area contributed by atoms with Gasteiger partial charge in [-0.05, 0) is 48.6 Å². The Balaban J connectivity index is 1.68. The predicted octanol–water partition coefficient (Wildman–Crippen LogP) is 3.47. The van der Waals surface area contributed by atoms with Crippen LogP contribution in [-0.4, -0.2) is 6.03 Å². The fraction of sp³-hybridized carbons (Fsp3) is 0.235. The molecule has 0 saturated carbocycles. The summed E-state index contributed by atoms with van der Waals surface area (Å²) in [6, 6.07) is 15.4. The van der Waals surface area contributed by atoms with Crippen molar-refractivity contribution in [2.45, 2.75) is 25.3 Å². The summed E-state index contributed by atoms with van der Waals surface area (Å²) in [5.41, 5.74) is 9.61. The number of anilines is 2. The molecule has 3 rings (SSSR count). The SMILES string of the molecule is Nc1cccc(NC(=O)NC2CCCc3ccccc32)c1. The first-order valence-corrected chi connectivity index (χ1v) is 7.23. The number of aryl methyl sites for hydroxylation is 1. The molecular formula is C17H19N3O. The van der Waals surface area contributed by atoms with E-state index in [1.165, 1.54) is 11.1 Å². The molecule has 0 saturated heterocycles. The third-order valence-electron chi connectivity index (χ3n) is 3.82. The topological polar surface area (TPSA) is 67.1 Å². The molecule has 4 N–H and O–H groups in total. The number of carbonyl (C=O) groups is 1. The molecule has 0 radical (unpaired) electrons. The zero-order valence-corrected chi connectivity index (χ0v) is 11.8. The van der Waals surface area contributed by atoms with Crippen molar-refractivity contribution in [3.05, 3.63) is 59.7 Å². The number of urea groups is 1. The van der Waals surface area contributed by atoms with Crippen LogP contribution >= 0.6 is 0 Å². The number of nitrogens with two attached hydrogens (primary N) is 1. The van der Waals surface area contributed by atoms with Gasteiger partial charge in [-0.25, -0.2) is 4.79 Å². The molecule has 0 aromatic heterocycles. The van der Waals surface area contributed by atoms with Crippen LogP contribution in [-0.2, 0) is 6.42 Å². The van der Waals surface area contributed by atoms with Gasteiger partial charge < -0.3 is 16.4 Å². The summed E-state index contributed by atoms with van der Waals surface area (Å²) in [6.45, 7) is 0. The number of hydrogen-bond donors (Lipinski definition) is 3. The van der Waals surface area contributed by atoms with E-state index >= 15 is 0 Å². The van der Waals surface area contributed by atoms with Crippen molar-refractivity contribution in [1.29, 1.82) is 0 Å². The molecule has 108 valence electrons. The first kappa shape index (κ1) is 13.5. The number of amides is 2. The highest BCUT2D eigenvalue weighted by molar-refractivity contribution is 5.90. The lowest BCUT2D eigenvalue weighted by atomic mass is 9.88. The van der Waals surface area contributed by atoms with Crippen LogP contribution in [0.3, 0.4) is 0 Å². The molecule has 0 heterocycles. The van der Waals surface area contributed by atoms with Crippen molar-refractivity contribution in [3.63, 3.8) is 0 Å². The highest BCUT2D eigenvalue weighted by atomic mass is 16.2. The third kappa shape index (κ3) is 3.16. The maximum atomic E-state index is 12.1. The van der Waals surface area contributed by atoms with Crippen molar-refractivity contribution in [1.82, 2.24) is 5.32 Å². The largest absolute Gasteiger partial charge is 0.399 e. The average Bonchev–Trinajstić information content (AvgIpc) is 2.47. The lowest BCUT2D eigenvalue weighted by Crippen LogP contribution is -2.34. The summed E-state index contributed by atoms with van der Waals surface area (Å²) in [4.78, 5) is 12.1. The number of nitrogens with one attached hydrogen (secondary N) is 2. The zero-order chi connectivity index (χ0) is 14.7. The van der Waals surface area contributed by atoms with Gasteiger partial charge in [0.05, 0.1) is 6.04 Å². The van der Waals surface area contributed by atoms with E-state index in [0.717, 1.165) is 19.3 Å². The highest BCUT2D eigenvalue weighted by Crippen LogP contribution is 2.29. The van der Waals surface area contributed by atoms with Gasteiger partial charge in [-0.3, -0.25) is 0 Å². The number of nitrogen functional groups attached to an aromatic ring is 1. The molecule has 2 aromatic rings. The van der Waals surface area contributed by atoms with Crippen LogP contribution in [0.4, 0.5) is 16.2 Å². The number of rotatable bonds is 2.